The van der Waals surface area contributed by atoms with Gasteiger partial charge in [0.05, 0.1) is 12.7 Å². The highest BCUT2D eigenvalue weighted by molar-refractivity contribution is 5.94. The van der Waals surface area contributed by atoms with Crippen LogP contribution >= 0.6 is 12.4 Å². The first-order valence-corrected chi connectivity index (χ1v) is 8.05. The summed E-state index contributed by atoms with van der Waals surface area (Å²) in [6.45, 7) is 2.54. The number of hydrogen-bond donors (Lipinski definition) is 1. The van der Waals surface area contributed by atoms with Gasteiger partial charge in [0.2, 0.25) is 0 Å². The Hall–Kier alpha value is -1.33. The minimum atomic E-state index is -0.510. The fourth-order valence-electron chi connectivity index (χ4n) is 3.59. The van der Waals surface area contributed by atoms with Crippen molar-refractivity contribution in [2.24, 2.45) is 5.92 Å². The van der Waals surface area contributed by atoms with Crippen LogP contribution in [0.5, 0.6) is 5.75 Å². The SMILES string of the molecule is COc1ccc(C(=O)N2CCC(C3CCCN3)CC2)c(F)c1.Cl. The van der Waals surface area contributed by atoms with Crippen molar-refractivity contribution in [3.8, 4) is 5.75 Å². The number of rotatable bonds is 3. The van der Waals surface area contributed by atoms with Crippen LogP contribution in [0.1, 0.15) is 36.0 Å². The zero-order valence-electron chi connectivity index (χ0n) is 13.4. The summed E-state index contributed by atoms with van der Waals surface area (Å²) < 4.78 is 19.0. The van der Waals surface area contributed by atoms with Crippen molar-refractivity contribution in [2.45, 2.75) is 31.7 Å². The number of hydrogen-bond acceptors (Lipinski definition) is 3. The van der Waals surface area contributed by atoms with Crippen LogP contribution in [0.25, 0.3) is 0 Å². The van der Waals surface area contributed by atoms with E-state index < -0.39 is 5.82 Å². The third-order valence-corrected chi connectivity index (χ3v) is 4.90. The van der Waals surface area contributed by atoms with Crippen LogP contribution in [0.2, 0.25) is 0 Å². The Labute approximate surface area is 142 Å². The number of amides is 1. The van der Waals surface area contributed by atoms with Crippen molar-refractivity contribution in [1.82, 2.24) is 10.2 Å². The van der Waals surface area contributed by atoms with Gasteiger partial charge in [0.15, 0.2) is 0 Å². The number of carbonyl (C=O) groups is 1. The highest BCUT2D eigenvalue weighted by atomic mass is 35.5. The lowest BCUT2D eigenvalue weighted by atomic mass is 9.88. The Morgan fingerprint density at radius 1 is 1.30 bits per heavy atom. The Balaban J connectivity index is 0.00000192. The van der Waals surface area contributed by atoms with Gasteiger partial charge in [-0.1, -0.05) is 0 Å². The molecule has 3 rings (SSSR count). The van der Waals surface area contributed by atoms with Gasteiger partial charge in [0.25, 0.3) is 5.91 Å². The van der Waals surface area contributed by atoms with E-state index in [0.29, 0.717) is 30.8 Å². The fourth-order valence-corrected chi connectivity index (χ4v) is 3.59. The Bertz CT molecular complexity index is 541. The van der Waals surface area contributed by atoms with Gasteiger partial charge in [-0.25, -0.2) is 4.39 Å². The number of ether oxygens (including phenoxy) is 1. The molecule has 0 aromatic heterocycles. The van der Waals surface area contributed by atoms with E-state index in [0.717, 1.165) is 19.4 Å². The predicted octanol–water partition coefficient (Wildman–Crippen LogP) is 2.86. The third-order valence-electron chi connectivity index (χ3n) is 4.90. The molecule has 2 aliphatic heterocycles. The quantitative estimate of drug-likeness (QED) is 0.918. The maximum absolute atomic E-state index is 14.0. The van der Waals surface area contributed by atoms with Gasteiger partial charge in [0.1, 0.15) is 11.6 Å². The number of piperidine rings is 1. The highest BCUT2D eigenvalue weighted by Crippen LogP contribution is 2.27. The van der Waals surface area contributed by atoms with Gasteiger partial charge in [-0.3, -0.25) is 4.79 Å². The first-order chi connectivity index (χ1) is 10.7. The maximum Gasteiger partial charge on any atom is 0.256 e. The molecule has 2 aliphatic rings. The fraction of sp³-hybridized carbons (Fsp3) is 0.588. The van der Waals surface area contributed by atoms with Crippen LogP contribution < -0.4 is 10.1 Å². The zero-order chi connectivity index (χ0) is 15.5. The number of carbonyl (C=O) groups excluding carboxylic acids is 1. The summed E-state index contributed by atoms with van der Waals surface area (Å²) in [6, 6.07) is 5.02. The van der Waals surface area contributed by atoms with Crippen molar-refractivity contribution in [1.29, 1.82) is 0 Å². The average Bonchev–Trinajstić information content (AvgIpc) is 3.08. The summed E-state index contributed by atoms with van der Waals surface area (Å²) in [6.07, 6.45) is 4.49. The van der Waals surface area contributed by atoms with Crippen molar-refractivity contribution in [2.75, 3.05) is 26.7 Å². The zero-order valence-corrected chi connectivity index (χ0v) is 14.2. The molecular formula is C17H24ClFN2O2. The molecule has 0 saturated carbocycles. The molecule has 0 bridgehead atoms. The number of benzene rings is 1. The molecular weight excluding hydrogens is 319 g/mol. The molecule has 1 atom stereocenters. The van der Waals surface area contributed by atoms with Crippen LogP contribution in [0.15, 0.2) is 18.2 Å². The van der Waals surface area contributed by atoms with Gasteiger partial charge in [0, 0.05) is 25.2 Å². The van der Waals surface area contributed by atoms with E-state index in [1.807, 2.05) is 0 Å². The molecule has 2 saturated heterocycles. The van der Waals surface area contributed by atoms with Crippen LogP contribution in [0, 0.1) is 11.7 Å². The predicted molar refractivity (Wildman–Crippen MR) is 89.9 cm³/mol. The number of likely N-dealkylation sites (tertiary alicyclic amines) is 1. The van der Waals surface area contributed by atoms with Gasteiger partial charge in [-0.2, -0.15) is 0 Å². The minimum Gasteiger partial charge on any atom is -0.497 e. The Kier molecular flexibility index (Phi) is 6.25. The van der Waals surface area contributed by atoms with E-state index in [9.17, 15) is 9.18 Å². The second-order valence-electron chi connectivity index (χ2n) is 6.18. The minimum absolute atomic E-state index is 0. The van der Waals surface area contributed by atoms with Gasteiger partial charge in [-0.05, 0) is 50.3 Å². The second kappa shape index (κ2) is 7.97. The van der Waals surface area contributed by atoms with Crippen molar-refractivity contribution < 1.29 is 13.9 Å². The van der Waals surface area contributed by atoms with Gasteiger partial charge < -0.3 is 15.0 Å². The lowest BCUT2D eigenvalue weighted by Crippen LogP contribution is -2.43. The highest BCUT2D eigenvalue weighted by Gasteiger charge is 2.30. The van der Waals surface area contributed by atoms with Gasteiger partial charge >= 0.3 is 0 Å². The topological polar surface area (TPSA) is 41.6 Å². The van der Waals surface area contributed by atoms with Crippen molar-refractivity contribution in [3.05, 3.63) is 29.6 Å². The molecule has 1 N–H and O–H groups in total. The molecule has 4 nitrogen and oxygen atoms in total. The molecule has 1 aromatic rings. The lowest BCUT2D eigenvalue weighted by Gasteiger charge is -2.35. The van der Waals surface area contributed by atoms with E-state index in [1.165, 1.54) is 32.1 Å². The molecule has 2 fully saturated rings. The monoisotopic (exact) mass is 342 g/mol. The Morgan fingerprint density at radius 2 is 2.04 bits per heavy atom. The van der Waals surface area contributed by atoms with Crippen LogP contribution in [0.4, 0.5) is 4.39 Å². The second-order valence-corrected chi connectivity index (χ2v) is 6.18. The lowest BCUT2D eigenvalue weighted by molar-refractivity contribution is 0.0669. The summed E-state index contributed by atoms with van der Waals surface area (Å²) in [5.74, 6) is 0.356. The maximum atomic E-state index is 14.0. The smallest absolute Gasteiger partial charge is 0.256 e. The molecule has 1 aromatic carbocycles. The van der Waals surface area contributed by atoms with E-state index in [-0.39, 0.29) is 23.9 Å². The summed E-state index contributed by atoms with van der Waals surface area (Å²) in [4.78, 5) is 14.3. The Morgan fingerprint density at radius 3 is 2.61 bits per heavy atom. The van der Waals surface area contributed by atoms with E-state index >= 15 is 0 Å². The van der Waals surface area contributed by atoms with E-state index in [4.69, 9.17) is 4.74 Å². The molecule has 6 heteroatoms. The molecule has 0 aliphatic carbocycles. The molecule has 23 heavy (non-hydrogen) atoms. The number of nitrogens with zero attached hydrogens (tertiary/aromatic N) is 1. The van der Waals surface area contributed by atoms with Gasteiger partial charge in [-0.15, -0.1) is 12.4 Å². The summed E-state index contributed by atoms with van der Waals surface area (Å²) in [7, 11) is 1.48. The van der Waals surface area contributed by atoms with E-state index in [1.54, 1.807) is 11.0 Å². The van der Waals surface area contributed by atoms with Crippen molar-refractivity contribution in [3.63, 3.8) is 0 Å². The largest absolute Gasteiger partial charge is 0.497 e. The summed E-state index contributed by atoms with van der Waals surface area (Å²) in [5, 5.41) is 3.55. The summed E-state index contributed by atoms with van der Waals surface area (Å²) in [5.41, 5.74) is 0.137. The number of methoxy groups -OCH3 is 1. The first kappa shape index (κ1) is 18.0. The molecule has 0 spiro atoms. The normalized spacial score (nSPS) is 21.8. The number of halogens is 2. The summed E-state index contributed by atoms with van der Waals surface area (Å²) >= 11 is 0. The number of nitrogens with one attached hydrogen (secondary N) is 1. The molecule has 2 heterocycles. The third kappa shape index (κ3) is 3.96. The molecule has 128 valence electrons. The van der Waals surface area contributed by atoms with E-state index in [2.05, 4.69) is 5.32 Å². The van der Waals surface area contributed by atoms with Crippen LogP contribution in [-0.2, 0) is 0 Å². The van der Waals surface area contributed by atoms with Crippen LogP contribution in [0.3, 0.4) is 0 Å². The molecule has 0 radical (unpaired) electrons. The average molecular weight is 343 g/mol. The first-order valence-electron chi connectivity index (χ1n) is 8.05. The van der Waals surface area contributed by atoms with Crippen LogP contribution in [-0.4, -0.2) is 43.6 Å². The standard InChI is InChI=1S/C17H23FN2O2.ClH/c1-22-13-4-5-14(15(18)11-13)17(21)20-9-6-12(7-10-20)16-3-2-8-19-16;/h4-5,11-12,16,19H,2-3,6-10H2,1H3;1H. The van der Waals surface area contributed by atoms with Crippen molar-refractivity contribution >= 4 is 18.3 Å². The molecule has 1 amide bonds. The molecule has 1 unspecified atom stereocenters.